The summed E-state index contributed by atoms with van der Waals surface area (Å²) in [7, 11) is -4.13. The van der Waals surface area contributed by atoms with Crippen molar-refractivity contribution in [2.75, 3.05) is 0 Å². The Labute approximate surface area is 105 Å². The zero-order chi connectivity index (χ0) is 12.5. The lowest BCUT2D eigenvalue weighted by Gasteiger charge is -2.05. The number of benzene rings is 2. The molecule has 0 aromatic heterocycles. The van der Waals surface area contributed by atoms with E-state index >= 15 is 0 Å². The molecule has 88 valence electrons. The van der Waals surface area contributed by atoms with Gasteiger partial charge in [0, 0.05) is 4.90 Å². The molecule has 0 atom stereocenters. The average molecular weight is 266 g/mol. The van der Waals surface area contributed by atoms with Crippen LogP contribution in [0.3, 0.4) is 0 Å². The molecule has 0 saturated carbocycles. The Hall–Kier alpha value is -1.30. The van der Waals surface area contributed by atoms with Crippen LogP contribution in [0.1, 0.15) is 0 Å². The standard InChI is InChI=1S/C12H10O3S2/c13-17(14,15)10-7-5-9(6-8-10)11-3-1-2-4-12(11)16/h1-8,16H,(H,13,14,15). The summed E-state index contributed by atoms with van der Waals surface area (Å²) in [6, 6.07) is 13.5. The third kappa shape index (κ3) is 2.69. The van der Waals surface area contributed by atoms with E-state index in [2.05, 4.69) is 12.6 Å². The van der Waals surface area contributed by atoms with E-state index in [0.717, 1.165) is 16.0 Å². The molecular formula is C12H10O3S2. The Kier molecular flexibility index (Phi) is 3.24. The molecule has 0 fully saturated rings. The van der Waals surface area contributed by atoms with Crippen molar-refractivity contribution in [1.82, 2.24) is 0 Å². The Bertz CT molecular complexity index is 631. The van der Waals surface area contributed by atoms with Crippen LogP contribution in [0.5, 0.6) is 0 Å². The second kappa shape index (κ2) is 4.52. The SMILES string of the molecule is O=S(=O)(O)c1ccc(-c2ccccc2S)cc1. The van der Waals surface area contributed by atoms with Gasteiger partial charge in [-0.3, -0.25) is 4.55 Å². The zero-order valence-electron chi connectivity index (χ0n) is 8.74. The fourth-order valence-corrected chi connectivity index (χ4v) is 2.29. The average Bonchev–Trinajstić information content (AvgIpc) is 2.29. The molecule has 5 heteroatoms. The van der Waals surface area contributed by atoms with Gasteiger partial charge < -0.3 is 0 Å². The molecular weight excluding hydrogens is 256 g/mol. The number of hydrogen-bond donors (Lipinski definition) is 2. The summed E-state index contributed by atoms with van der Waals surface area (Å²) in [6.07, 6.45) is 0. The summed E-state index contributed by atoms with van der Waals surface area (Å²) in [5, 5.41) is 0. The van der Waals surface area contributed by atoms with Gasteiger partial charge in [0.1, 0.15) is 0 Å². The molecule has 0 amide bonds. The minimum atomic E-state index is -4.13. The van der Waals surface area contributed by atoms with E-state index < -0.39 is 10.1 Å². The van der Waals surface area contributed by atoms with Gasteiger partial charge in [0.2, 0.25) is 0 Å². The van der Waals surface area contributed by atoms with Gasteiger partial charge >= 0.3 is 0 Å². The van der Waals surface area contributed by atoms with Gasteiger partial charge in [-0.25, -0.2) is 0 Å². The highest BCUT2D eigenvalue weighted by molar-refractivity contribution is 7.85. The molecule has 0 bridgehead atoms. The summed E-state index contributed by atoms with van der Waals surface area (Å²) in [5.74, 6) is 0. The van der Waals surface area contributed by atoms with Gasteiger partial charge in [-0.2, -0.15) is 8.42 Å². The molecule has 0 spiro atoms. The van der Waals surface area contributed by atoms with Crippen molar-refractivity contribution < 1.29 is 13.0 Å². The van der Waals surface area contributed by atoms with Gasteiger partial charge in [-0.05, 0) is 29.3 Å². The second-order valence-corrected chi connectivity index (χ2v) is 5.42. The Morgan fingerprint density at radius 1 is 0.941 bits per heavy atom. The molecule has 0 aliphatic rings. The van der Waals surface area contributed by atoms with Gasteiger partial charge in [0.15, 0.2) is 0 Å². The van der Waals surface area contributed by atoms with Crippen LogP contribution in [-0.4, -0.2) is 13.0 Å². The van der Waals surface area contributed by atoms with Crippen LogP contribution in [0.15, 0.2) is 58.3 Å². The fourth-order valence-electron chi connectivity index (χ4n) is 1.52. The zero-order valence-corrected chi connectivity index (χ0v) is 10.4. The minimum absolute atomic E-state index is 0.113. The van der Waals surface area contributed by atoms with Crippen LogP contribution >= 0.6 is 12.6 Å². The van der Waals surface area contributed by atoms with E-state index in [4.69, 9.17) is 4.55 Å². The van der Waals surface area contributed by atoms with E-state index in [1.165, 1.54) is 12.1 Å². The molecule has 2 aromatic rings. The molecule has 0 heterocycles. The number of rotatable bonds is 2. The minimum Gasteiger partial charge on any atom is -0.282 e. The third-order valence-electron chi connectivity index (χ3n) is 2.37. The summed E-state index contributed by atoms with van der Waals surface area (Å²) in [5.41, 5.74) is 1.76. The van der Waals surface area contributed by atoms with Crippen LogP contribution in [-0.2, 0) is 10.1 Å². The molecule has 0 saturated heterocycles. The normalized spacial score (nSPS) is 11.4. The van der Waals surface area contributed by atoms with Gasteiger partial charge in [0.05, 0.1) is 4.90 Å². The molecule has 0 radical (unpaired) electrons. The summed E-state index contributed by atoms with van der Waals surface area (Å²) >= 11 is 4.32. The Morgan fingerprint density at radius 3 is 2.06 bits per heavy atom. The van der Waals surface area contributed by atoms with E-state index in [1.54, 1.807) is 12.1 Å². The summed E-state index contributed by atoms with van der Waals surface area (Å²) < 4.78 is 30.6. The van der Waals surface area contributed by atoms with Crippen molar-refractivity contribution >= 4 is 22.7 Å². The highest BCUT2D eigenvalue weighted by atomic mass is 32.2. The molecule has 1 N–H and O–H groups in total. The first-order valence-electron chi connectivity index (χ1n) is 4.84. The van der Waals surface area contributed by atoms with E-state index in [-0.39, 0.29) is 4.90 Å². The maximum absolute atomic E-state index is 10.9. The van der Waals surface area contributed by atoms with Crippen molar-refractivity contribution in [3.05, 3.63) is 48.5 Å². The predicted molar refractivity (Wildman–Crippen MR) is 68.9 cm³/mol. The molecule has 2 rings (SSSR count). The monoisotopic (exact) mass is 266 g/mol. The van der Waals surface area contributed by atoms with Crippen LogP contribution in [0.2, 0.25) is 0 Å². The maximum atomic E-state index is 10.9. The number of thiol groups is 1. The highest BCUT2D eigenvalue weighted by Gasteiger charge is 2.09. The van der Waals surface area contributed by atoms with Crippen LogP contribution in [0.4, 0.5) is 0 Å². The number of hydrogen-bond acceptors (Lipinski definition) is 3. The van der Waals surface area contributed by atoms with Crippen molar-refractivity contribution in [3.8, 4) is 11.1 Å². The summed E-state index contributed by atoms with van der Waals surface area (Å²) in [4.78, 5) is 0.699. The van der Waals surface area contributed by atoms with Crippen LogP contribution < -0.4 is 0 Å². The van der Waals surface area contributed by atoms with Crippen molar-refractivity contribution in [1.29, 1.82) is 0 Å². The Balaban J connectivity index is 2.47. The quantitative estimate of drug-likeness (QED) is 0.649. The van der Waals surface area contributed by atoms with Gasteiger partial charge in [-0.1, -0.05) is 30.3 Å². The van der Waals surface area contributed by atoms with E-state index in [1.807, 2.05) is 24.3 Å². The predicted octanol–water partition coefficient (Wildman–Crippen LogP) is 2.89. The molecule has 0 aliphatic heterocycles. The first kappa shape index (κ1) is 12.2. The maximum Gasteiger partial charge on any atom is 0.294 e. The second-order valence-electron chi connectivity index (χ2n) is 3.52. The van der Waals surface area contributed by atoms with Crippen LogP contribution in [0.25, 0.3) is 11.1 Å². The molecule has 0 unspecified atom stereocenters. The fraction of sp³-hybridized carbons (Fsp3) is 0. The molecule has 17 heavy (non-hydrogen) atoms. The first-order chi connectivity index (χ1) is 7.98. The lowest BCUT2D eigenvalue weighted by atomic mass is 10.1. The van der Waals surface area contributed by atoms with Crippen molar-refractivity contribution in [3.63, 3.8) is 0 Å². The summed E-state index contributed by atoms with van der Waals surface area (Å²) in [6.45, 7) is 0. The van der Waals surface area contributed by atoms with Crippen molar-refractivity contribution in [2.24, 2.45) is 0 Å². The molecule has 2 aromatic carbocycles. The largest absolute Gasteiger partial charge is 0.294 e. The lowest BCUT2D eigenvalue weighted by molar-refractivity contribution is 0.483. The van der Waals surface area contributed by atoms with Crippen LogP contribution in [0, 0.1) is 0 Å². The molecule has 3 nitrogen and oxygen atoms in total. The van der Waals surface area contributed by atoms with Gasteiger partial charge in [0.25, 0.3) is 10.1 Å². The third-order valence-corrected chi connectivity index (χ3v) is 3.63. The Morgan fingerprint density at radius 2 is 1.53 bits per heavy atom. The molecule has 0 aliphatic carbocycles. The van der Waals surface area contributed by atoms with Crippen molar-refractivity contribution in [2.45, 2.75) is 9.79 Å². The van der Waals surface area contributed by atoms with Gasteiger partial charge in [-0.15, -0.1) is 12.6 Å². The topological polar surface area (TPSA) is 54.4 Å². The highest BCUT2D eigenvalue weighted by Crippen LogP contribution is 2.26. The lowest BCUT2D eigenvalue weighted by Crippen LogP contribution is -1.97. The van der Waals surface area contributed by atoms with E-state index in [9.17, 15) is 8.42 Å². The smallest absolute Gasteiger partial charge is 0.282 e. The van der Waals surface area contributed by atoms with E-state index in [0.29, 0.717) is 0 Å². The first-order valence-corrected chi connectivity index (χ1v) is 6.73.